The molecule has 0 aliphatic carbocycles. The second kappa shape index (κ2) is 18.4. The molecule has 0 heterocycles. The number of unbranched alkanes of at least 4 members (excludes halogenated alkanes) is 9. The van der Waals surface area contributed by atoms with Gasteiger partial charge in [0.2, 0.25) is 0 Å². The van der Waals surface area contributed by atoms with Gasteiger partial charge in [0.15, 0.2) is 0 Å². The maximum absolute atomic E-state index is 9.67. The lowest BCUT2D eigenvalue weighted by molar-refractivity contribution is 0.209. The zero-order valence-electron chi connectivity index (χ0n) is 14.7. The van der Waals surface area contributed by atoms with Gasteiger partial charge in [-0.2, -0.15) is 0 Å². The van der Waals surface area contributed by atoms with E-state index in [2.05, 4.69) is 25.2 Å². The first-order valence-corrected chi connectivity index (χ1v) is 9.41. The number of allylic oxidation sites excluding steroid dienone is 3. The Labute approximate surface area is 138 Å². The van der Waals surface area contributed by atoms with Gasteiger partial charge in [-0.05, 0) is 51.4 Å². The molecule has 0 aliphatic heterocycles. The van der Waals surface area contributed by atoms with Gasteiger partial charge >= 0.3 is 0 Å². The molecule has 1 atom stereocenters. The van der Waals surface area contributed by atoms with Crippen LogP contribution in [0, 0.1) is 0 Å². The predicted molar refractivity (Wildman–Crippen MR) is 97.1 cm³/mol. The minimum Gasteiger partial charge on any atom is -0.396 e. The molecule has 22 heavy (non-hydrogen) atoms. The van der Waals surface area contributed by atoms with Crippen molar-refractivity contribution >= 4 is 0 Å². The summed E-state index contributed by atoms with van der Waals surface area (Å²) in [6, 6.07) is 0. The van der Waals surface area contributed by atoms with E-state index in [1.54, 1.807) is 0 Å². The first-order valence-electron chi connectivity index (χ1n) is 9.41. The lowest BCUT2D eigenvalue weighted by atomic mass is 10.1. The van der Waals surface area contributed by atoms with Crippen molar-refractivity contribution in [1.82, 2.24) is 0 Å². The molecule has 0 amide bonds. The van der Waals surface area contributed by atoms with E-state index in [4.69, 9.17) is 5.11 Å². The fraction of sp³-hybridized carbons (Fsp3) is 0.800. The van der Waals surface area contributed by atoms with Crippen molar-refractivity contribution in [2.75, 3.05) is 6.61 Å². The maximum Gasteiger partial charge on any atom is 0.0720 e. The Hall–Kier alpha value is -0.600. The van der Waals surface area contributed by atoms with E-state index in [-0.39, 0.29) is 6.10 Å². The van der Waals surface area contributed by atoms with Crippen LogP contribution in [-0.4, -0.2) is 22.9 Å². The predicted octanol–water partition coefficient (Wildman–Crippen LogP) is 5.54. The van der Waals surface area contributed by atoms with Crippen molar-refractivity contribution in [3.8, 4) is 0 Å². The molecule has 0 spiro atoms. The molecule has 2 heteroatoms. The quantitative estimate of drug-likeness (QED) is 0.290. The molecule has 130 valence electrons. The van der Waals surface area contributed by atoms with Gasteiger partial charge in [-0.15, -0.1) is 0 Å². The van der Waals surface area contributed by atoms with Gasteiger partial charge in [0.25, 0.3) is 0 Å². The van der Waals surface area contributed by atoms with E-state index in [9.17, 15) is 5.11 Å². The molecule has 1 unspecified atom stereocenters. The molecule has 0 fully saturated rings. The summed E-state index contributed by atoms with van der Waals surface area (Å²) in [5.74, 6) is 0. The zero-order chi connectivity index (χ0) is 16.3. The highest BCUT2D eigenvalue weighted by Gasteiger charge is 1.96. The molecule has 0 aliphatic rings. The molecule has 0 aromatic rings. The topological polar surface area (TPSA) is 40.5 Å². The van der Waals surface area contributed by atoms with Crippen LogP contribution in [0.3, 0.4) is 0 Å². The number of hydrogen-bond acceptors (Lipinski definition) is 2. The van der Waals surface area contributed by atoms with Gasteiger partial charge in [0, 0.05) is 6.61 Å². The number of rotatable bonds is 16. The van der Waals surface area contributed by atoms with Crippen LogP contribution >= 0.6 is 0 Å². The van der Waals surface area contributed by atoms with Crippen molar-refractivity contribution in [3.05, 3.63) is 24.3 Å². The Morgan fingerprint density at radius 3 is 1.86 bits per heavy atom. The molecule has 0 aromatic carbocycles. The molecule has 0 rings (SSSR count). The second-order valence-corrected chi connectivity index (χ2v) is 6.17. The summed E-state index contributed by atoms with van der Waals surface area (Å²) in [5.41, 5.74) is 0. The number of hydrogen-bond donors (Lipinski definition) is 2. The third kappa shape index (κ3) is 17.5. The van der Waals surface area contributed by atoms with Crippen molar-refractivity contribution in [2.45, 2.75) is 96.5 Å². The van der Waals surface area contributed by atoms with Crippen LogP contribution in [-0.2, 0) is 0 Å². The number of aliphatic hydroxyl groups excluding tert-OH is 2. The molecule has 0 saturated carbocycles. The Bertz CT molecular complexity index is 258. The summed E-state index contributed by atoms with van der Waals surface area (Å²) in [5, 5.41) is 18.3. The van der Waals surface area contributed by atoms with Gasteiger partial charge < -0.3 is 10.2 Å². The fourth-order valence-corrected chi connectivity index (χ4v) is 2.43. The van der Waals surface area contributed by atoms with E-state index >= 15 is 0 Å². The van der Waals surface area contributed by atoms with Crippen LogP contribution in [0.25, 0.3) is 0 Å². The van der Waals surface area contributed by atoms with E-state index in [0.717, 1.165) is 44.9 Å². The standard InChI is InChI=1S/C20H38O2/c1-2-3-17-20(22)18-15-13-11-9-7-5-4-6-8-10-12-14-16-19-21/h8,10,15,18,20-22H,2-7,9,11-14,16-17,19H2,1H3/b10-8-,18-15-. The van der Waals surface area contributed by atoms with Crippen LogP contribution in [0.15, 0.2) is 24.3 Å². The lowest BCUT2D eigenvalue weighted by Gasteiger charge is -2.03. The Kier molecular flexibility index (Phi) is 17.9. The zero-order valence-corrected chi connectivity index (χ0v) is 14.7. The summed E-state index contributed by atoms with van der Waals surface area (Å²) in [6.45, 7) is 2.48. The highest BCUT2D eigenvalue weighted by Crippen LogP contribution is 2.09. The third-order valence-corrected chi connectivity index (χ3v) is 3.90. The molecule has 0 aromatic heterocycles. The average molecular weight is 311 g/mol. The van der Waals surface area contributed by atoms with Gasteiger partial charge in [-0.3, -0.25) is 0 Å². The van der Waals surface area contributed by atoms with Crippen LogP contribution in [0.1, 0.15) is 90.4 Å². The third-order valence-electron chi connectivity index (χ3n) is 3.90. The molecule has 0 radical (unpaired) electrons. The van der Waals surface area contributed by atoms with Crippen LogP contribution < -0.4 is 0 Å². The molecule has 2 nitrogen and oxygen atoms in total. The van der Waals surface area contributed by atoms with Crippen LogP contribution in [0.4, 0.5) is 0 Å². The number of aliphatic hydroxyl groups is 2. The summed E-state index contributed by atoms with van der Waals surface area (Å²) in [6.07, 6.45) is 23.5. The van der Waals surface area contributed by atoms with Crippen molar-refractivity contribution in [1.29, 1.82) is 0 Å². The van der Waals surface area contributed by atoms with Crippen LogP contribution in [0.5, 0.6) is 0 Å². The minimum absolute atomic E-state index is 0.232. The van der Waals surface area contributed by atoms with E-state index in [0.29, 0.717) is 6.61 Å². The normalized spacial score (nSPS) is 13.4. The summed E-state index contributed by atoms with van der Waals surface area (Å²) in [4.78, 5) is 0. The van der Waals surface area contributed by atoms with Crippen molar-refractivity contribution in [3.63, 3.8) is 0 Å². The SMILES string of the molecule is CCCCC(O)/C=C\CCCCCCC/C=C\CCCCO. The van der Waals surface area contributed by atoms with Crippen LogP contribution in [0.2, 0.25) is 0 Å². The molecule has 2 N–H and O–H groups in total. The monoisotopic (exact) mass is 310 g/mol. The van der Waals surface area contributed by atoms with Gasteiger partial charge in [-0.25, -0.2) is 0 Å². The highest BCUT2D eigenvalue weighted by molar-refractivity contribution is 4.88. The van der Waals surface area contributed by atoms with E-state index in [1.165, 1.54) is 38.5 Å². The van der Waals surface area contributed by atoms with E-state index in [1.807, 2.05) is 6.08 Å². The first kappa shape index (κ1) is 21.4. The van der Waals surface area contributed by atoms with Gasteiger partial charge in [-0.1, -0.05) is 63.3 Å². The molecule has 0 saturated heterocycles. The van der Waals surface area contributed by atoms with Crippen molar-refractivity contribution < 1.29 is 10.2 Å². The minimum atomic E-state index is -0.232. The fourth-order valence-electron chi connectivity index (χ4n) is 2.43. The first-order chi connectivity index (χ1) is 10.8. The highest BCUT2D eigenvalue weighted by atomic mass is 16.3. The second-order valence-electron chi connectivity index (χ2n) is 6.17. The van der Waals surface area contributed by atoms with Crippen molar-refractivity contribution in [2.24, 2.45) is 0 Å². The smallest absolute Gasteiger partial charge is 0.0720 e. The average Bonchev–Trinajstić information content (AvgIpc) is 2.53. The molecular weight excluding hydrogens is 272 g/mol. The van der Waals surface area contributed by atoms with Gasteiger partial charge in [0.1, 0.15) is 0 Å². The Morgan fingerprint density at radius 2 is 1.27 bits per heavy atom. The Balaban J connectivity index is 3.21. The Morgan fingerprint density at radius 1 is 0.727 bits per heavy atom. The van der Waals surface area contributed by atoms with E-state index < -0.39 is 0 Å². The molecule has 0 bridgehead atoms. The summed E-state index contributed by atoms with van der Waals surface area (Å²) < 4.78 is 0. The lowest BCUT2D eigenvalue weighted by Crippen LogP contribution is -2.00. The molecular formula is C20H38O2. The largest absolute Gasteiger partial charge is 0.396 e. The maximum atomic E-state index is 9.67. The summed E-state index contributed by atoms with van der Waals surface area (Å²) >= 11 is 0. The summed E-state index contributed by atoms with van der Waals surface area (Å²) in [7, 11) is 0. The van der Waals surface area contributed by atoms with Gasteiger partial charge in [0.05, 0.1) is 6.10 Å².